The molecule has 2 atom stereocenters. The lowest BCUT2D eigenvalue weighted by molar-refractivity contribution is -0.0118. The summed E-state index contributed by atoms with van der Waals surface area (Å²) in [7, 11) is -7.37. The third-order valence-corrected chi connectivity index (χ3v) is 6.42. The number of morpholine rings is 1. The van der Waals surface area contributed by atoms with Gasteiger partial charge in [-0.3, -0.25) is 0 Å². The van der Waals surface area contributed by atoms with Crippen molar-refractivity contribution in [3.8, 4) is 0 Å². The largest absolute Gasteiger partial charge is 0.374 e. The van der Waals surface area contributed by atoms with Crippen LogP contribution in [0.2, 0.25) is 0 Å². The van der Waals surface area contributed by atoms with E-state index >= 15 is 0 Å². The average Bonchev–Trinajstić information content (AvgIpc) is 2.14. The monoisotopic (exact) mass is 286 g/mol. The molecule has 1 saturated heterocycles. The van der Waals surface area contributed by atoms with Gasteiger partial charge in [-0.05, 0) is 6.92 Å². The van der Waals surface area contributed by atoms with Crippen LogP contribution in [0.15, 0.2) is 0 Å². The minimum absolute atomic E-state index is 0.107. The SMILES string of the molecule is CC(N)C1CN(S(=O)(=O)CS(C)(=O)=O)CCO1. The van der Waals surface area contributed by atoms with Crippen molar-refractivity contribution in [2.24, 2.45) is 5.73 Å². The smallest absolute Gasteiger partial charge is 0.228 e. The fourth-order valence-electron chi connectivity index (χ4n) is 1.57. The van der Waals surface area contributed by atoms with Crippen molar-refractivity contribution in [2.75, 3.05) is 31.0 Å². The second-order valence-corrected chi connectivity index (χ2v) is 8.76. The molecule has 0 saturated carbocycles. The van der Waals surface area contributed by atoms with E-state index < -0.39 is 31.0 Å². The molecule has 1 aliphatic rings. The molecule has 1 fully saturated rings. The molecule has 0 spiro atoms. The van der Waals surface area contributed by atoms with Gasteiger partial charge in [0.15, 0.2) is 14.9 Å². The van der Waals surface area contributed by atoms with Crippen molar-refractivity contribution in [3.63, 3.8) is 0 Å². The zero-order valence-electron chi connectivity index (χ0n) is 9.87. The Morgan fingerprint density at radius 1 is 1.41 bits per heavy atom. The molecule has 0 amide bonds. The zero-order chi connectivity index (χ0) is 13.3. The predicted molar refractivity (Wildman–Crippen MR) is 63.6 cm³/mol. The lowest BCUT2D eigenvalue weighted by Crippen LogP contribution is -2.52. The number of sulfone groups is 1. The lowest BCUT2D eigenvalue weighted by Gasteiger charge is -2.33. The van der Waals surface area contributed by atoms with Crippen molar-refractivity contribution in [2.45, 2.75) is 19.1 Å². The zero-order valence-corrected chi connectivity index (χ0v) is 11.5. The van der Waals surface area contributed by atoms with Gasteiger partial charge in [-0.15, -0.1) is 0 Å². The lowest BCUT2D eigenvalue weighted by atomic mass is 10.2. The molecule has 0 aromatic heterocycles. The van der Waals surface area contributed by atoms with Crippen LogP contribution in [0.4, 0.5) is 0 Å². The first-order chi connectivity index (χ1) is 7.62. The number of nitrogens with zero attached hydrogens (tertiary/aromatic N) is 1. The first kappa shape index (κ1) is 14.8. The number of hydrogen-bond acceptors (Lipinski definition) is 6. The number of sulfonamides is 1. The Kier molecular flexibility index (Phi) is 4.53. The van der Waals surface area contributed by atoms with E-state index in [9.17, 15) is 16.8 Å². The van der Waals surface area contributed by atoms with Crippen LogP contribution in [0.1, 0.15) is 6.92 Å². The summed E-state index contributed by atoms with van der Waals surface area (Å²) in [6, 6.07) is -0.300. The van der Waals surface area contributed by atoms with E-state index in [0.717, 1.165) is 10.6 Å². The van der Waals surface area contributed by atoms with E-state index in [1.807, 2.05) is 0 Å². The molecule has 17 heavy (non-hydrogen) atoms. The normalized spacial score (nSPS) is 25.7. The van der Waals surface area contributed by atoms with Crippen molar-refractivity contribution in [1.29, 1.82) is 0 Å². The van der Waals surface area contributed by atoms with E-state index in [0.29, 0.717) is 0 Å². The fraction of sp³-hybridized carbons (Fsp3) is 1.00. The molecule has 1 aliphatic heterocycles. The minimum Gasteiger partial charge on any atom is -0.374 e. The topological polar surface area (TPSA) is 107 Å². The van der Waals surface area contributed by atoms with Gasteiger partial charge in [0.25, 0.3) is 0 Å². The van der Waals surface area contributed by atoms with Gasteiger partial charge in [0.2, 0.25) is 10.0 Å². The highest BCUT2D eigenvalue weighted by Gasteiger charge is 2.33. The second-order valence-electron chi connectivity index (χ2n) is 4.28. The molecule has 2 N–H and O–H groups in total. The summed E-state index contributed by atoms with van der Waals surface area (Å²) in [6.45, 7) is 2.23. The standard InChI is InChI=1S/C8H18N2O5S2/c1-7(9)8-5-10(3-4-15-8)17(13,14)6-16(2,11)12/h7-8H,3-6,9H2,1-2H3. The molecule has 0 aliphatic carbocycles. The highest BCUT2D eigenvalue weighted by Crippen LogP contribution is 2.13. The van der Waals surface area contributed by atoms with Gasteiger partial charge in [0.05, 0.1) is 12.7 Å². The van der Waals surface area contributed by atoms with Crippen LogP contribution in [0, 0.1) is 0 Å². The van der Waals surface area contributed by atoms with Gasteiger partial charge in [-0.2, -0.15) is 4.31 Å². The average molecular weight is 286 g/mol. The molecular weight excluding hydrogens is 268 g/mol. The van der Waals surface area contributed by atoms with Gasteiger partial charge < -0.3 is 10.5 Å². The summed E-state index contributed by atoms with van der Waals surface area (Å²) in [5.41, 5.74) is 5.64. The van der Waals surface area contributed by atoms with E-state index in [1.54, 1.807) is 6.92 Å². The van der Waals surface area contributed by atoms with E-state index in [4.69, 9.17) is 10.5 Å². The first-order valence-electron chi connectivity index (χ1n) is 5.14. The third kappa shape index (κ3) is 4.51. The molecule has 7 nitrogen and oxygen atoms in total. The third-order valence-electron chi connectivity index (χ3n) is 2.40. The number of ether oxygens (including phenoxy) is 1. The molecule has 0 radical (unpaired) electrons. The van der Waals surface area contributed by atoms with Gasteiger partial charge in [-0.1, -0.05) is 0 Å². The van der Waals surface area contributed by atoms with E-state index in [2.05, 4.69) is 0 Å². The fourth-order valence-corrected chi connectivity index (χ4v) is 5.05. The summed E-state index contributed by atoms with van der Waals surface area (Å²) in [6.07, 6.45) is 0.506. The molecule has 1 heterocycles. The van der Waals surface area contributed by atoms with Crippen molar-refractivity contribution in [3.05, 3.63) is 0 Å². The summed E-state index contributed by atoms with van der Waals surface area (Å²) in [5, 5.41) is -0.869. The first-order valence-corrected chi connectivity index (χ1v) is 8.81. The summed E-state index contributed by atoms with van der Waals surface area (Å²) < 4.78 is 52.2. The van der Waals surface area contributed by atoms with Gasteiger partial charge in [0.1, 0.15) is 0 Å². The maximum atomic E-state index is 11.8. The van der Waals surface area contributed by atoms with Crippen molar-refractivity contribution < 1.29 is 21.6 Å². The molecule has 0 bridgehead atoms. The van der Waals surface area contributed by atoms with E-state index in [-0.39, 0.29) is 25.7 Å². The van der Waals surface area contributed by atoms with Gasteiger partial charge >= 0.3 is 0 Å². The second kappa shape index (κ2) is 5.19. The van der Waals surface area contributed by atoms with Gasteiger partial charge in [-0.25, -0.2) is 16.8 Å². The van der Waals surface area contributed by atoms with Crippen molar-refractivity contribution >= 4 is 19.9 Å². The molecule has 102 valence electrons. The molecule has 9 heteroatoms. The van der Waals surface area contributed by atoms with Crippen LogP contribution < -0.4 is 5.73 Å². The maximum Gasteiger partial charge on any atom is 0.228 e. The highest BCUT2D eigenvalue weighted by molar-refractivity contribution is 8.06. The molecule has 1 rings (SSSR count). The Hall–Kier alpha value is -0.220. The minimum atomic E-state index is -3.80. The van der Waals surface area contributed by atoms with Crippen LogP contribution in [-0.2, 0) is 24.6 Å². The summed E-state index contributed by atoms with van der Waals surface area (Å²) in [4.78, 5) is 0. The van der Waals surface area contributed by atoms with Crippen LogP contribution in [0.3, 0.4) is 0 Å². The molecular formula is C8H18N2O5S2. The van der Waals surface area contributed by atoms with Crippen LogP contribution in [-0.4, -0.2) is 64.3 Å². The molecule has 2 unspecified atom stereocenters. The Morgan fingerprint density at radius 2 is 2.00 bits per heavy atom. The van der Waals surface area contributed by atoms with Crippen LogP contribution in [0.25, 0.3) is 0 Å². The summed E-state index contributed by atoms with van der Waals surface area (Å²) in [5.74, 6) is 0. The number of nitrogens with two attached hydrogens (primary N) is 1. The Balaban J connectivity index is 2.79. The Morgan fingerprint density at radius 3 is 2.47 bits per heavy atom. The molecule has 0 aromatic rings. The highest BCUT2D eigenvalue weighted by atomic mass is 32.3. The van der Waals surface area contributed by atoms with Crippen LogP contribution >= 0.6 is 0 Å². The molecule has 0 aromatic carbocycles. The Labute approximate surface area is 102 Å². The Bertz CT molecular complexity index is 456. The quantitative estimate of drug-likeness (QED) is 0.664. The summed E-state index contributed by atoms with van der Waals surface area (Å²) >= 11 is 0. The predicted octanol–water partition coefficient (Wildman–Crippen LogP) is -1.63. The number of rotatable bonds is 4. The number of hydrogen-bond donors (Lipinski definition) is 1. The van der Waals surface area contributed by atoms with Crippen molar-refractivity contribution in [1.82, 2.24) is 4.31 Å². The maximum absolute atomic E-state index is 11.8. The van der Waals surface area contributed by atoms with Gasteiger partial charge in [0, 0.05) is 25.4 Å². The van der Waals surface area contributed by atoms with E-state index in [1.165, 1.54) is 0 Å². The van der Waals surface area contributed by atoms with Crippen LogP contribution in [0.5, 0.6) is 0 Å².